The highest BCUT2D eigenvalue weighted by Crippen LogP contribution is 2.29. The van der Waals surface area contributed by atoms with E-state index in [0.29, 0.717) is 5.56 Å². The van der Waals surface area contributed by atoms with Crippen LogP contribution in [0.3, 0.4) is 0 Å². The Labute approximate surface area is 84.6 Å². The zero-order valence-corrected chi connectivity index (χ0v) is 9.13. The first-order valence-electron chi connectivity index (χ1n) is 4.84. The predicted octanol–water partition coefficient (Wildman–Crippen LogP) is 3.00. The molecular formula is C12H17FO. The second-order valence-corrected chi connectivity index (χ2v) is 4.32. The van der Waals surface area contributed by atoms with Gasteiger partial charge in [0.15, 0.2) is 0 Å². The monoisotopic (exact) mass is 196 g/mol. The van der Waals surface area contributed by atoms with Gasteiger partial charge in [-0.25, -0.2) is 4.39 Å². The molecule has 0 aliphatic carbocycles. The molecule has 0 aliphatic rings. The predicted molar refractivity (Wildman–Crippen MR) is 55.5 cm³/mol. The van der Waals surface area contributed by atoms with Gasteiger partial charge in [-0.15, -0.1) is 0 Å². The Morgan fingerprint density at radius 3 is 2.29 bits per heavy atom. The van der Waals surface area contributed by atoms with Crippen molar-refractivity contribution in [1.29, 1.82) is 0 Å². The number of aliphatic hydroxyl groups is 1. The van der Waals surface area contributed by atoms with Crippen LogP contribution in [0.5, 0.6) is 0 Å². The van der Waals surface area contributed by atoms with Gasteiger partial charge in [0, 0.05) is 0 Å². The third-order valence-electron chi connectivity index (χ3n) is 2.75. The van der Waals surface area contributed by atoms with Crippen molar-refractivity contribution in [2.75, 3.05) is 0 Å². The summed E-state index contributed by atoms with van der Waals surface area (Å²) in [6.45, 7) is 7.37. The van der Waals surface area contributed by atoms with Gasteiger partial charge in [-0.1, -0.05) is 19.9 Å². The van der Waals surface area contributed by atoms with E-state index in [4.69, 9.17) is 0 Å². The zero-order chi connectivity index (χ0) is 10.9. The van der Waals surface area contributed by atoms with Gasteiger partial charge in [0.2, 0.25) is 0 Å². The smallest absolute Gasteiger partial charge is 0.123 e. The molecule has 0 unspecified atom stereocenters. The van der Waals surface area contributed by atoms with Crippen LogP contribution in [0.25, 0.3) is 0 Å². The zero-order valence-electron chi connectivity index (χ0n) is 9.13. The maximum atomic E-state index is 13.1. The molecular weight excluding hydrogens is 179 g/mol. The lowest BCUT2D eigenvalue weighted by Crippen LogP contribution is -2.28. The van der Waals surface area contributed by atoms with Crippen LogP contribution in [0, 0.1) is 18.7 Å². The first-order chi connectivity index (χ1) is 6.34. The molecule has 0 saturated heterocycles. The van der Waals surface area contributed by atoms with Crippen LogP contribution in [0.4, 0.5) is 4.39 Å². The Morgan fingerprint density at radius 1 is 1.29 bits per heavy atom. The Kier molecular flexibility index (Phi) is 2.95. The molecule has 1 aromatic carbocycles. The second kappa shape index (κ2) is 3.70. The summed E-state index contributed by atoms with van der Waals surface area (Å²) in [7, 11) is 0. The van der Waals surface area contributed by atoms with Gasteiger partial charge in [0.25, 0.3) is 0 Å². The summed E-state index contributed by atoms with van der Waals surface area (Å²) < 4.78 is 13.1. The minimum absolute atomic E-state index is 0.0590. The first kappa shape index (κ1) is 11.2. The Morgan fingerprint density at radius 2 is 1.86 bits per heavy atom. The summed E-state index contributed by atoms with van der Waals surface area (Å²) in [5, 5.41) is 10.1. The van der Waals surface area contributed by atoms with E-state index in [1.54, 1.807) is 6.92 Å². The van der Waals surface area contributed by atoms with Crippen LogP contribution in [-0.4, -0.2) is 5.11 Å². The van der Waals surface area contributed by atoms with E-state index >= 15 is 0 Å². The fraction of sp³-hybridized carbons (Fsp3) is 0.500. The van der Waals surface area contributed by atoms with E-state index in [1.807, 2.05) is 26.8 Å². The minimum atomic E-state index is -0.965. The van der Waals surface area contributed by atoms with Crippen molar-refractivity contribution in [3.8, 4) is 0 Å². The molecule has 1 N–H and O–H groups in total. The number of benzene rings is 1. The van der Waals surface area contributed by atoms with E-state index in [9.17, 15) is 9.50 Å². The van der Waals surface area contributed by atoms with Crippen molar-refractivity contribution >= 4 is 0 Å². The fourth-order valence-corrected chi connectivity index (χ4v) is 1.36. The third kappa shape index (κ3) is 2.13. The number of halogens is 1. The van der Waals surface area contributed by atoms with Gasteiger partial charge < -0.3 is 5.11 Å². The standard InChI is InChI=1S/C12H17FO/c1-8(2)12(4,14)10-5-9(3)6-11(13)7-10/h5-8,14H,1-4H3/t12-/m0/s1. The summed E-state index contributed by atoms with van der Waals surface area (Å²) in [5.74, 6) is -0.232. The molecule has 1 rings (SSSR count). The van der Waals surface area contributed by atoms with Crippen molar-refractivity contribution in [3.63, 3.8) is 0 Å². The maximum absolute atomic E-state index is 13.1. The molecule has 0 heterocycles. The highest BCUT2D eigenvalue weighted by atomic mass is 19.1. The van der Waals surface area contributed by atoms with Gasteiger partial charge in [-0.3, -0.25) is 0 Å². The molecule has 0 aromatic heterocycles. The topological polar surface area (TPSA) is 20.2 Å². The molecule has 2 heteroatoms. The van der Waals surface area contributed by atoms with Crippen LogP contribution in [0.15, 0.2) is 18.2 Å². The quantitative estimate of drug-likeness (QED) is 0.771. The van der Waals surface area contributed by atoms with Gasteiger partial charge >= 0.3 is 0 Å². The molecule has 0 amide bonds. The molecule has 0 aliphatic heterocycles. The first-order valence-corrected chi connectivity index (χ1v) is 4.84. The minimum Gasteiger partial charge on any atom is -0.385 e. The average Bonchev–Trinajstić information content (AvgIpc) is 2.01. The SMILES string of the molecule is Cc1cc(F)cc([C@@](C)(O)C(C)C)c1. The van der Waals surface area contributed by atoms with E-state index in [1.165, 1.54) is 12.1 Å². The number of hydrogen-bond acceptors (Lipinski definition) is 1. The van der Waals surface area contributed by atoms with Crippen molar-refractivity contribution in [3.05, 3.63) is 35.1 Å². The van der Waals surface area contributed by atoms with Crippen LogP contribution in [0.1, 0.15) is 31.9 Å². The maximum Gasteiger partial charge on any atom is 0.123 e. The van der Waals surface area contributed by atoms with Crippen molar-refractivity contribution < 1.29 is 9.50 Å². The second-order valence-electron chi connectivity index (χ2n) is 4.32. The normalized spacial score (nSPS) is 15.6. The van der Waals surface area contributed by atoms with Gasteiger partial charge in [-0.05, 0) is 43.0 Å². The summed E-state index contributed by atoms with van der Waals surface area (Å²) in [6, 6.07) is 4.68. The van der Waals surface area contributed by atoms with Gasteiger partial charge in [0.05, 0.1) is 5.60 Å². The lowest BCUT2D eigenvalue weighted by atomic mass is 9.84. The van der Waals surface area contributed by atoms with E-state index in [2.05, 4.69) is 0 Å². The van der Waals surface area contributed by atoms with E-state index in [0.717, 1.165) is 5.56 Å². The van der Waals surface area contributed by atoms with Crippen molar-refractivity contribution in [2.24, 2.45) is 5.92 Å². The molecule has 1 aromatic rings. The molecule has 0 radical (unpaired) electrons. The molecule has 1 nitrogen and oxygen atoms in total. The summed E-state index contributed by atoms with van der Waals surface area (Å²) >= 11 is 0. The summed E-state index contributed by atoms with van der Waals surface area (Å²) in [5.41, 5.74) is 0.512. The van der Waals surface area contributed by atoms with Crippen LogP contribution >= 0.6 is 0 Å². The van der Waals surface area contributed by atoms with Crippen LogP contribution in [0.2, 0.25) is 0 Å². The molecule has 0 saturated carbocycles. The summed E-state index contributed by atoms with van der Waals surface area (Å²) in [4.78, 5) is 0. The Hall–Kier alpha value is -0.890. The lowest BCUT2D eigenvalue weighted by molar-refractivity contribution is 0.00873. The fourth-order valence-electron chi connectivity index (χ4n) is 1.36. The average molecular weight is 196 g/mol. The third-order valence-corrected chi connectivity index (χ3v) is 2.75. The van der Waals surface area contributed by atoms with Gasteiger partial charge in [-0.2, -0.15) is 0 Å². The highest BCUT2D eigenvalue weighted by molar-refractivity contribution is 5.28. The van der Waals surface area contributed by atoms with E-state index < -0.39 is 5.60 Å². The Bertz CT molecular complexity index is 309. The van der Waals surface area contributed by atoms with Gasteiger partial charge in [0.1, 0.15) is 5.82 Å². The highest BCUT2D eigenvalue weighted by Gasteiger charge is 2.27. The van der Waals surface area contributed by atoms with E-state index in [-0.39, 0.29) is 11.7 Å². The number of rotatable bonds is 2. The molecule has 78 valence electrons. The summed E-state index contributed by atoms with van der Waals surface area (Å²) in [6.07, 6.45) is 0. The largest absolute Gasteiger partial charge is 0.385 e. The van der Waals surface area contributed by atoms with Crippen LogP contribution in [-0.2, 0) is 5.60 Å². The molecule has 14 heavy (non-hydrogen) atoms. The van der Waals surface area contributed by atoms with Crippen molar-refractivity contribution in [2.45, 2.75) is 33.3 Å². The number of aryl methyl sites for hydroxylation is 1. The number of hydrogen-bond donors (Lipinski definition) is 1. The molecule has 0 bridgehead atoms. The van der Waals surface area contributed by atoms with Crippen LogP contribution < -0.4 is 0 Å². The van der Waals surface area contributed by atoms with Crippen molar-refractivity contribution in [1.82, 2.24) is 0 Å². The molecule has 1 atom stereocenters. The molecule has 0 fully saturated rings. The Balaban J connectivity index is 3.18. The molecule has 0 spiro atoms. The lowest BCUT2D eigenvalue weighted by Gasteiger charge is -2.28.